The van der Waals surface area contributed by atoms with E-state index in [-0.39, 0.29) is 12.0 Å². The highest BCUT2D eigenvalue weighted by molar-refractivity contribution is 5.97. The highest BCUT2D eigenvalue weighted by Crippen LogP contribution is 2.32. The third kappa shape index (κ3) is 3.86. The molecule has 1 fully saturated rings. The number of benzene rings is 2. The maximum atomic E-state index is 12.0. The van der Waals surface area contributed by atoms with Gasteiger partial charge in [-0.3, -0.25) is 4.79 Å². The Morgan fingerprint density at radius 3 is 2.68 bits per heavy atom. The maximum absolute atomic E-state index is 12.0. The van der Waals surface area contributed by atoms with Gasteiger partial charge in [0.15, 0.2) is 0 Å². The number of carbonyl (C=O) groups is 1. The van der Waals surface area contributed by atoms with Crippen molar-refractivity contribution >= 4 is 17.4 Å². The van der Waals surface area contributed by atoms with E-state index in [4.69, 9.17) is 10.5 Å². The Labute approximate surface area is 182 Å². The molecule has 0 radical (unpaired) electrons. The fourth-order valence-electron chi connectivity index (χ4n) is 4.38. The summed E-state index contributed by atoms with van der Waals surface area (Å²) in [6, 6.07) is 16.5. The largest absolute Gasteiger partial charge is 0.383 e. The molecular weight excluding hydrogens is 388 g/mol. The predicted molar refractivity (Wildman–Crippen MR) is 123 cm³/mol. The molecule has 2 aliphatic rings. The number of nitrogen functional groups attached to an aromatic ring is 1. The molecule has 6 nitrogen and oxygen atoms in total. The molecule has 5 rings (SSSR count). The topological polar surface area (TPSA) is 80.5 Å². The van der Waals surface area contributed by atoms with Crippen LogP contribution in [0, 0.1) is 0 Å². The summed E-state index contributed by atoms with van der Waals surface area (Å²) in [6.45, 7) is 5.35. The highest BCUT2D eigenvalue weighted by Gasteiger charge is 2.19. The molecule has 0 spiro atoms. The Morgan fingerprint density at radius 2 is 1.87 bits per heavy atom. The first-order valence-electron chi connectivity index (χ1n) is 10.7. The molecule has 1 saturated heterocycles. The Hall–Kier alpha value is -3.38. The highest BCUT2D eigenvalue weighted by atomic mass is 16.5. The summed E-state index contributed by atoms with van der Waals surface area (Å²) >= 11 is 0. The third-order valence-electron chi connectivity index (χ3n) is 6.07. The van der Waals surface area contributed by atoms with Gasteiger partial charge in [-0.25, -0.2) is 4.98 Å². The van der Waals surface area contributed by atoms with Crippen molar-refractivity contribution in [2.45, 2.75) is 19.4 Å². The maximum Gasteiger partial charge on any atom is 0.251 e. The zero-order chi connectivity index (χ0) is 21.4. The number of nitrogens with two attached hydrogens (primary N) is 1. The smallest absolute Gasteiger partial charge is 0.251 e. The van der Waals surface area contributed by atoms with Crippen LogP contribution in [0.15, 0.2) is 54.7 Å². The Bertz CT molecular complexity index is 1130. The van der Waals surface area contributed by atoms with E-state index in [2.05, 4.69) is 58.5 Å². The van der Waals surface area contributed by atoms with Crippen molar-refractivity contribution in [2.75, 3.05) is 36.9 Å². The van der Waals surface area contributed by atoms with Crippen LogP contribution in [0.4, 0.5) is 11.5 Å². The lowest BCUT2D eigenvalue weighted by molar-refractivity contribution is 0.0532. The third-order valence-corrected chi connectivity index (χ3v) is 6.07. The molecule has 3 N–H and O–H groups in total. The van der Waals surface area contributed by atoms with E-state index in [9.17, 15) is 4.79 Å². The number of pyridine rings is 1. The Balaban J connectivity index is 1.44. The van der Waals surface area contributed by atoms with Crippen LogP contribution in [-0.2, 0) is 11.2 Å². The van der Waals surface area contributed by atoms with Crippen LogP contribution in [0.1, 0.15) is 22.8 Å². The first kappa shape index (κ1) is 19.6. The average Bonchev–Trinajstić information content (AvgIpc) is 2.79. The molecule has 2 aromatic carbocycles. The summed E-state index contributed by atoms with van der Waals surface area (Å²) in [7, 11) is 0. The first-order valence-corrected chi connectivity index (χ1v) is 10.7. The minimum Gasteiger partial charge on any atom is -0.383 e. The van der Waals surface area contributed by atoms with E-state index in [0.717, 1.165) is 59.5 Å². The van der Waals surface area contributed by atoms with Gasteiger partial charge >= 0.3 is 0 Å². The second-order valence-corrected chi connectivity index (χ2v) is 8.21. The van der Waals surface area contributed by atoms with E-state index in [1.807, 2.05) is 18.3 Å². The van der Waals surface area contributed by atoms with E-state index in [1.165, 1.54) is 5.69 Å². The Morgan fingerprint density at radius 1 is 1.06 bits per heavy atom. The number of nitrogens with one attached hydrogen (secondary N) is 1. The summed E-state index contributed by atoms with van der Waals surface area (Å²) in [5, 5.41) is 2.88. The zero-order valence-electron chi connectivity index (χ0n) is 17.6. The number of anilines is 2. The van der Waals surface area contributed by atoms with Crippen molar-refractivity contribution in [1.82, 2.24) is 10.3 Å². The normalized spacial score (nSPS) is 18.4. The van der Waals surface area contributed by atoms with Crippen molar-refractivity contribution in [3.63, 3.8) is 0 Å². The van der Waals surface area contributed by atoms with Crippen molar-refractivity contribution < 1.29 is 9.53 Å². The van der Waals surface area contributed by atoms with Gasteiger partial charge in [0.1, 0.15) is 5.82 Å². The summed E-state index contributed by atoms with van der Waals surface area (Å²) in [6.07, 6.45) is 2.89. The van der Waals surface area contributed by atoms with Crippen LogP contribution in [0.2, 0.25) is 0 Å². The molecule has 1 aromatic heterocycles. The number of morpholine rings is 1. The number of amides is 1. The van der Waals surface area contributed by atoms with Crippen LogP contribution in [0.25, 0.3) is 22.3 Å². The lowest BCUT2D eigenvalue weighted by atomic mass is 9.94. The van der Waals surface area contributed by atoms with E-state index < -0.39 is 0 Å². The van der Waals surface area contributed by atoms with E-state index >= 15 is 0 Å². The van der Waals surface area contributed by atoms with E-state index in [1.54, 1.807) is 0 Å². The molecule has 0 unspecified atom stereocenters. The minimum absolute atomic E-state index is 0.0117. The molecule has 3 aromatic rings. The number of ether oxygens (including phenoxy) is 1. The summed E-state index contributed by atoms with van der Waals surface area (Å²) < 4.78 is 5.65. The average molecular weight is 415 g/mol. The standard InChI is InChI=1S/C25H26N4O2/c1-16-15-29(10-11-31-16)21-5-2-17(3-6-21)20-13-23(24(26)28-14-20)18-4-7-22-19(12-18)8-9-27-25(22)30/h2-7,12-14,16H,8-11,15H2,1H3,(H2,26,28)(H,27,30)/t16-/m1/s1. The van der Waals surface area contributed by atoms with Gasteiger partial charge in [-0.2, -0.15) is 0 Å². The molecule has 0 bridgehead atoms. The van der Waals surface area contributed by atoms with Gasteiger partial charge in [0.25, 0.3) is 5.91 Å². The second-order valence-electron chi connectivity index (χ2n) is 8.21. The van der Waals surface area contributed by atoms with Gasteiger partial charge in [0, 0.05) is 48.2 Å². The molecule has 0 saturated carbocycles. The molecule has 158 valence electrons. The van der Waals surface area contributed by atoms with Crippen molar-refractivity contribution in [2.24, 2.45) is 0 Å². The van der Waals surface area contributed by atoms with Gasteiger partial charge in [-0.1, -0.05) is 24.3 Å². The fourth-order valence-corrected chi connectivity index (χ4v) is 4.38. The monoisotopic (exact) mass is 414 g/mol. The summed E-state index contributed by atoms with van der Waals surface area (Å²) in [5.74, 6) is 0.477. The van der Waals surface area contributed by atoms with Gasteiger partial charge in [-0.05, 0) is 54.3 Å². The van der Waals surface area contributed by atoms with Crippen LogP contribution in [0.3, 0.4) is 0 Å². The minimum atomic E-state index is -0.0117. The van der Waals surface area contributed by atoms with Gasteiger partial charge in [-0.15, -0.1) is 0 Å². The van der Waals surface area contributed by atoms with Gasteiger partial charge < -0.3 is 20.7 Å². The number of aromatic nitrogens is 1. The van der Waals surface area contributed by atoms with Gasteiger partial charge in [0.2, 0.25) is 0 Å². The van der Waals surface area contributed by atoms with Crippen LogP contribution in [-0.4, -0.2) is 43.2 Å². The van der Waals surface area contributed by atoms with Crippen LogP contribution >= 0.6 is 0 Å². The molecule has 0 aliphatic carbocycles. The van der Waals surface area contributed by atoms with Crippen molar-refractivity contribution in [1.29, 1.82) is 0 Å². The number of hydrogen-bond acceptors (Lipinski definition) is 5. The second kappa shape index (κ2) is 8.04. The molecule has 2 aliphatic heterocycles. The van der Waals surface area contributed by atoms with E-state index in [0.29, 0.717) is 12.4 Å². The van der Waals surface area contributed by atoms with Gasteiger partial charge in [0.05, 0.1) is 12.7 Å². The molecule has 3 heterocycles. The predicted octanol–water partition coefficient (Wildman–Crippen LogP) is 3.51. The molecule has 31 heavy (non-hydrogen) atoms. The lowest BCUT2D eigenvalue weighted by Crippen LogP contribution is -2.41. The molecule has 1 atom stereocenters. The number of rotatable bonds is 3. The van der Waals surface area contributed by atoms with Crippen molar-refractivity contribution in [3.8, 4) is 22.3 Å². The first-order chi connectivity index (χ1) is 15.1. The van der Waals surface area contributed by atoms with Crippen molar-refractivity contribution in [3.05, 3.63) is 65.9 Å². The number of hydrogen-bond donors (Lipinski definition) is 2. The number of fused-ring (bicyclic) bond motifs is 1. The van der Waals surface area contributed by atoms with Crippen LogP contribution < -0.4 is 16.0 Å². The SMILES string of the molecule is C[C@@H]1CN(c2ccc(-c3cnc(N)c(-c4ccc5c(c4)CCNC5=O)c3)cc2)CCO1. The Kier molecular flexibility index (Phi) is 5.08. The summed E-state index contributed by atoms with van der Waals surface area (Å²) in [5.41, 5.74) is 13.2. The molecular formula is C25H26N4O2. The number of nitrogens with zero attached hydrogens (tertiary/aromatic N) is 2. The lowest BCUT2D eigenvalue weighted by Gasteiger charge is -2.33. The zero-order valence-corrected chi connectivity index (χ0v) is 17.6. The summed E-state index contributed by atoms with van der Waals surface area (Å²) in [4.78, 5) is 18.8. The quantitative estimate of drug-likeness (QED) is 0.686. The van der Waals surface area contributed by atoms with Crippen LogP contribution in [0.5, 0.6) is 0 Å². The fraction of sp³-hybridized carbons (Fsp3) is 0.280. The number of carbonyl (C=O) groups excluding carboxylic acids is 1. The molecule has 1 amide bonds. The molecule has 6 heteroatoms.